The van der Waals surface area contributed by atoms with Crippen LogP contribution in [0.4, 0.5) is 4.79 Å². The summed E-state index contributed by atoms with van der Waals surface area (Å²) in [6.07, 6.45) is 2.47. The number of benzene rings is 1. The number of nitrogens with one attached hydrogen (secondary N) is 1. The highest BCUT2D eigenvalue weighted by Gasteiger charge is 2.47. The maximum Gasteiger partial charge on any atom is 0.325 e. The first-order valence-electron chi connectivity index (χ1n) is 8.83. The fourth-order valence-electron chi connectivity index (χ4n) is 3.23. The van der Waals surface area contributed by atoms with Gasteiger partial charge in [0, 0.05) is 25.0 Å². The Kier molecular flexibility index (Phi) is 5.62. The Morgan fingerprint density at radius 3 is 2.54 bits per heavy atom. The molecule has 1 saturated heterocycles. The Bertz CT molecular complexity index is 759. The van der Waals surface area contributed by atoms with E-state index in [9.17, 15) is 18.0 Å². The molecule has 1 aliphatic carbocycles. The van der Waals surface area contributed by atoms with Gasteiger partial charge < -0.3 is 9.64 Å². The summed E-state index contributed by atoms with van der Waals surface area (Å²) in [6, 6.07) is 9.36. The number of ether oxygens (including phenoxy) is 1. The minimum Gasteiger partial charge on any atom is -0.361 e. The van der Waals surface area contributed by atoms with E-state index in [1.165, 1.54) is 4.90 Å². The van der Waals surface area contributed by atoms with Crippen molar-refractivity contribution in [3.8, 4) is 0 Å². The minimum absolute atomic E-state index is 0.0626. The molecule has 142 valence electrons. The quantitative estimate of drug-likeness (QED) is 0.655. The molecule has 1 saturated carbocycles. The highest BCUT2D eigenvalue weighted by Crippen LogP contribution is 2.49. The number of urea groups is 1. The SMILES string of the molecule is O=C1CCN(COCCCS(=O)(=O)CC2(c3ccccc3)CC2)C(=O)N1. The zero-order chi connectivity index (χ0) is 18.6. The Labute approximate surface area is 153 Å². The molecule has 26 heavy (non-hydrogen) atoms. The molecular weight excluding hydrogens is 356 g/mol. The zero-order valence-electron chi connectivity index (χ0n) is 14.6. The van der Waals surface area contributed by atoms with Crippen LogP contribution in [-0.4, -0.2) is 56.6 Å². The summed E-state index contributed by atoms with van der Waals surface area (Å²) in [5.74, 6) is -0.0304. The molecule has 0 aromatic heterocycles. The van der Waals surface area contributed by atoms with Crippen LogP contribution < -0.4 is 5.32 Å². The summed E-state index contributed by atoms with van der Waals surface area (Å²) in [4.78, 5) is 24.0. The smallest absolute Gasteiger partial charge is 0.325 e. The number of imide groups is 1. The van der Waals surface area contributed by atoms with Crippen molar-refractivity contribution in [2.24, 2.45) is 0 Å². The lowest BCUT2D eigenvalue weighted by Gasteiger charge is -2.26. The molecule has 1 N–H and O–H groups in total. The van der Waals surface area contributed by atoms with Crippen molar-refractivity contribution in [2.75, 3.05) is 31.4 Å². The lowest BCUT2D eigenvalue weighted by molar-refractivity contribution is -0.122. The first-order chi connectivity index (χ1) is 12.4. The van der Waals surface area contributed by atoms with Crippen molar-refractivity contribution in [1.29, 1.82) is 0 Å². The second-order valence-electron chi connectivity index (χ2n) is 7.00. The summed E-state index contributed by atoms with van der Waals surface area (Å²) in [5.41, 5.74) is 0.893. The van der Waals surface area contributed by atoms with Gasteiger partial charge in [-0.25, -0.2) is 13.2 Å². The van der Waals surface area contributed by atoms with E-state index in [0.717, 1.165) is 18.4 Å². The molecule has 2 fully saturated rings. The van der Waals surface area contributed by atoms with Gasteiger partial charge in [-0.15, -0.1) is 0 Å². The molecule has 1 aromatic rings. The van der Waals surface area contributed by atoms with E-state index in [1.54, 1.807) is 0 Å². The van der Waals surface area contributed by atoms with Gasteiger partial charge in [0.1, 0.15) is 6.73 Å². The topological polar surface area (TPSA) is 92.8 Å². The average molecular weight is 380 g/mol. The number of amides is 3. The molecule has 0 spiro atoms. The lowest BCUT2D eigenvalue weighted by atomic mass is 9.99. The maximum atomic E-state index is 12.4. The first-order valence-corrected chi connectivity index (χ1v) is 10.6. The van der Waals surface area contributed by atoms with Crippen LogP contribution in [0.3, 0.4) is 0 Å². The highest BCUT2D eigenvalue weighted by molar-refractivity contribution is 7.91. The Morgan fingerprint density at radius 1 is 1.15 bits per heavy atom. The van der Waals surface area contributed by atoms with Crippen molar-refractivity contribution in [2.45, 2.75) is 31.1 Å². The predicted molar refractivity (Wildman–Crippen MR) is 96.3 cm³/mol. The second-order valence-corrected chi connectivity index (χ2v) is 9.18. The molecule has 3 amide bonds. The summed E-state index contributed by atoms with van der Waals surface area (Å²) in [6.45, 7) is 0.644. The summed E-state index contributed by atoms with van der Waals surface area (Å²) in [7, 11) is -3.17. The third-order valence-electron chi connectivity index (χ3n) is 4.87. The van der Waals surface area contributed by atoms with Crippen LogP contribution in [0.25, 0.3) is 0 Å². The molecule has 8 heteroatoms. The third kappa shape index (κ3) is 4.82. The molecule has 0 radical (unpaired) electrons. The Hall–Kier alpha value is -1.93. The van der Waals surface area contributed by atoms with E-state index in [0.29, 0.717) is 13.0 Å². The Morgan fingerprint density at radius 2 is 1.88 bits per heavy atom. The van der Waals surface area contributed by atoms with Crippen LogP contribution in [0.2, 0.25) is 0 Å². The van der Waals surface area contributed by atoms with Crippen molar-refractivity contribution >= 4 is 21.8 Å². The molecule has 0 atom stereocenters. The lowest BCUT2D eigenvalue weighted by Crippen LogP contribution is -2.50. The fourth-order valence-corrected chi connectivity index (χ4v) is 5.23. The first kappa shape index (κ1) is 18.8. The summed E-state index contributed by atoms with van der Waals surface area (Å²) < 4.78 is 30.3. The van der Waals surface area contributed by atoms with Gasteiger partial charge in [-0.05, 0) is 24.8 Å². The van der Waals surface area contributed by atoms with E-state index in [-0.39, 0.29) is 42.6 Å². The number of carbonyl (C=O) groups is 2. The van der Waals surface area contributed by atoms with Gasteiger partial charge in [0.05, 0.1) is 11.5 Å². The minimum atomic E-state index is -3.17. The van der Waals surface area contributed by atoms with E-state index in [1.807, 2.05) is 30.3 Å². The average Bonchev–Trinajstić information content (AvgIpc) is 3.37. The van der Waals surface area contributed by atoms with Crippen LogP contribution in [0.5, 0.6) is 0 Å². The van der Waals surface area contributed by atoms with Crippen molar-refractivity contribution < 1.29 is 22.7 Å². The standard InChI is InChI=1S/C18H24N2O5S/c21-16-7-10-20(17(22)19-16)14-25-11-4-12-26(23,24)13-18(8-9-18)15-5-2-1-3-6-15/h1-3,5-6H,4,7-14H2,(H,19,21,22). The fraction of sp³-hybridized carbons (Fsp3) is 0.556. The van der Waals surface area contributed by atoms with Crippen molar-refractivity contribution in [3.63, 3.8) is 0 Å². The third-order valence-corrected chi connectivity index (χ3v) is 6.77. The van der Waals surface area contributed by atoms with Gasteiger partial charge in [-0.1, -0.05) is 30.3 Å². The van der Waals surface area contributed by atoms with Crippen molar-refractivity contribution in [3.05, 3.63) is 35.9 Å². The summed E-state index contributed by atoms with van der Waals surface area (Å²) >= 11 is 0. The van der Waals surface area contributed by atoms with E-state index < -0.39 is 15.9 Å². The zero-order valence-corrected chi connectivity index (χ0v) is 15.5. The van der Waals surface area contributed by atoms with Crippen LogP contribution >= 0.6 is 0 Å². The van der Waals surface area contributed by atoms with Gasteiger partial charge in [-0.2, -0.15) is 0 Å². The number of sulfone groups is 1. The van der Waals surface area contributed by atoms with Gasteiger partial charge >= 0.3 is 6.03 Å². The van der Waals surface area contributed by atoms with Crippen LogP contribution in [0.1, 0.15) is 31.2 Å². The molecular formula is C18H24N2O5S. The molecule has 3 rings (SSSR count). The molecule has 1 aliphatic heterocycles. The molecule has 7 nitrogen and oxygen atoms in total. The van der Waals surface area contributed by atoms with Gasteiger partial charge in [0.15, 0.2) is 9.84 Å². The van der Waals surface area contributed by atoms with Gasteiger partial charge in [0.2, 0.25) is 5.91 Å². The predicted octanol–water partition coefficient (Wildman–Crippen LogP) is 1.44. The van der Waals surface area contributed by atoms with Gasteiger partial charge in [-0.3, -0.25) is 10.1 Å². The molecule has 1 aromatic carbocycles. The van der Waals surface area contributed by atoms with Gasteiger partial charge in [0.25, 0.3) is 0 Å². The number of rotatable bonds is 9. The molecule has 2 aliphatic rings. The normalized spacial score (nSPS) is 19.3. The molecule has 0 bridgehead atoms. The van der Waals surface area contributed by atoms with E-state index >= 15 is 0 Å². The molecule has 1 heterocycles. The number of hydrogen-bond donors (Lipinski definition) is 1. The van der Waals surface area contributed by atoms with E-state index in [2.05, 4.69) is 5.32 Å². The Balaban J connectivity index is 1.39. The summed E-state index contributed by atoms with van der Waals surface area (Å²) in [5, 5.41) is 2.21. The second kappa shape index (κ2) is 7.75. The van der Waals surface area contributed by atoms with Crippen LogP contribution in [0.15, 0.2) is 30.3 Å². The van der Waals surface area contributed by atoms with Crippen LogP contribution in [0, 0.1) is 0 Å². The highest BCUT2D eigenvalue weighted by atomic mass is 32.2. The number of nitrogens with zero attached hydrogens (tertiary/aromatic N) is 1. The number of carbonyl (C=O) groups excluding carboxylic acids is 2. The maximum absolute atomic E-state index is 12.4. The van der Waals surface area contributed by atoms with Crippen molar-refractivity contribution in [1.82, 2.24) is 10.2 Å². The molecule has 0 unspecified atom stereocenters. The van der Waals surface area contributed by atoms with Crippen LogP contribution in [-0.2, 0) is 24.8 Å². The monoisotopic (exact) mass is 380 g/mol. The number of hydrogen-bond acceptors (Lipinski definition) is 5. The largest absolute Gasteiger partial charge is 0.361 e. The van der Waals surface area contributed by atoms with E-state index in [4.69, 9.17) is 4.74 Å².